The summed E-state index contributed by atoms with van der Waals surface area (Å²) in [6.07, 6.45) is 9.50. The van der Waals surface area contributed by atoms with E-state index in [0.717, 1.165) is 38.2 Å². The SMILES string of the molecule is CCOc1ccc(CN2CCC(C(=O)NC3CCCCCC3)CC2)cc1.O=C(O)C(=O)O. The van der Waals surface area contributed by atoms with Crippen LogP contribution in [0.4, 0.5) is 0 Å². The highest BCUT2D eigenvalue weighted by Crippen LogP contribution is 2.22. The fraction of sp³-hybridized carbons (Fsp3) is 0.625. The number of hydrogen-bond donors (Lipinski definition) is 3. The highest BCUT2D eigenvalue weighted by atomic mass is 16.5. The molecule has 1 saturated heterocycles. The number of aliphatic carboxylic acids is 2. The molecule has 1 amide bonds. The van der Waals surface area contributed by atoms with Gasteiger partial charge in [0, 0.05) is 18.5 Å². The summed E-state index contributed by atoms with van der Waals surface area (Å²) in [4.78, 5) is 33.3. The monoisotopic (exact) mass is 448 g/mol. The summed E-state index contributed by atoms with van der Waals surface area (Å²) >= 11 is 0. The van der Waals surface area contributed by atoms with Crippen molar-refractivity contribution in [3.63, 3.8) is 0 Å². The fourth-order valence-electron chi connectivity index (χ4n) is 4.21. The molecule has 1 heterocycles. The Bertz CT molecular complexity index is 709. The van der Waals surface area contributed by atoms with E-state index in [1.165, 1.54) is 44.1 Å². The first-order valence-electron chi connectivity index (χ1n) is 11.6. The summed E-state index contributed by atoms with van der Waals surface area (Å²) < 4.78 is 5.50. The lowest BCUT2D eigenvalue weighted by atomic mass is 9.94. The van der Waals surface area contributed by atoms with Crippen molar-refractivity contribution in [3.05, 3.63) is 29.8 Å². The van der Waals surface area contributed by atoms with E-state index in [2.05, 4.69) is 22.3 Å². The van der Waals surface area contributed by atoms with Crippen LogP contribution in [0.2, 0.25) is 0 Å². The molecule has 32 heavy (non-hydrogen) atoms. The molecule has 1 aromatic rings. The number of nitrogens with one attached hydrogen (secondary N) is 1. The van der Waals surface area contributed by atoms with Crippen LogP contribution in [0.15, 0.2) is 24.3 Å². The average Bonchev–Trinajstić information content (AvgIpc) is 3.05. The lowest BCUT2D eigenvalue weighted by Crippen LogP contribution is -2.43. The highest BCUT2D eigenvalue weighted by Gasteiger charge is 2.26. The van der Waals surface area contributed by atoms with Gasteiger partial charge in [-0.15, -0.1) is 0 Å². The molecule has 1 aliphatic heterocycles. The van der Waals surface area contributed by atoms with Gasteiger partial charge >= 0.3 is 11.9 Å². The lowest BCUT2D eigenvalue weighted by molar-refractivity contribution is -0.159. The Morgan fingerprint density at radius 2 is 1.50 bits per heavy atom. The summed E-state index contributed by atoms with van der Waals surface area (Å²) in [5, 5.41) is 18.1. The molecule has 0 unspecified atom stereocenters. The molecule has 0 radical (unpaired) electrons. The van der Waals surface area contributed by atoms with E-state index in [9.17, 15) is 4.79 Å². The minimum atomic E-state index is -1.82. The van der Waals surface area contributed by atoms with Gasteiger partial charge in [0.05, 0.1) is 6.61 Å². The zero-order valence-corrected chi connectivity index (χ0v) is 18.9. The molecular formula is C24H36N2O6. The van der Waals surface area contributed by atoms with Crippen molar-refractivity contribution in [2.75, 3.05) is 19.7 Å². The molecule has 178 valence electrons. The van der Waals surface area contributed by atoms with Crippen LogP contribution in [-0.2, 0) is 20.9 Å². The lowest BCUT2D eigenvalue weighted by Gasteiger charge is -2.32. The maximum absolute atomic E-state index is 12.6. The molecule has 2 aliphatic rings. The van der Waals surface area contributed by atoms with Crippen molar-refractivity contribution >= 4 is 17.8 Å². The van der Waals surface area contributed by atoms with Crippen LogP contribution >= 0.6 is 0 Å². The van der Waals surface area contributed by atoms with Crippen LogP contribution in [0, 0.1) is 5.92 Å². The van der Waals surface area contributed by atoms with E-state index in [1.54, 1.807) is 0 Å². The first-order chi connectivity index (χ1) is 15.4. The molecule has 2 fully saturated rings. The van der Waals surface area contributed by atoms with Crippen molar-refractivity contribution in [3.8, 4) is 5.75 Å². The Morgan fingerprint density at radius 3 is 2.00 bits per heavy atom. The molecule has 1 aromatic carbocycles. The predicted octanol–water partition coefficient (Wildman–Crippen LogP) is 3.29. The normalized spacial score (nSPS) is 18.0. The summed E-state index contributed by atoms with van der Waals surface area (Å²) in [6, 6.07) is 8.82. The summed E-state index contributed by atoms with van der Waals surface area (Å²) in [5.74, 6) is -2.21. The molecule has 8 nitrogen and oxygen atoms in total. The van der Waals surface area contributed by atoms with Crippen LogP contribution < -0.4 is 10.1 Å². The number of benzene rings is 1. The maximum atomic E-state index is 12.6. The standard InChI is InChI=1S/C22H34N2O2.C2H2O4/c1-2-26-21-11-9-18(10-12-21)17-24-15-13-19(14-16-24)22(25)23-20-7-5-3-4-6-8-20;3-1(4)2(5)6/h9-12,19-20H,2-8,13-17H2,1H3,(H,23,25);(H,3,4)(H,5,6). The Kier molecular flexibility index (Phi) is 11.0. The second-order valence-electron chi connectivity index (χ2n) is 8.43. The third-order valence-electron chi connectivity index (χ3n) is 5.98. The molecule has 1 saturated carbocycles. The second kappa shape index (κ2) is 13.7. The van der Waals surface area contributed by atoms with Gasteiger partial charge in [0.15, 0.2) is 0 Å². The smallest absolute Gasteiger partial charge is 0.414 e. The van der Waals surface area contributed by atoms with Crippen LogP contribution in [0.5, 0.6) is 5.75 Å². The summed E-state index contributed by atoms with van der Waals surface area (Å²) in [7, 11) is 0. The first-order valence-corrected chi connectivity index (χ1v) is 11.6. The predicted molar refractivity (Wildman–Crippen MR) is 121 cm³/mol. The van der Waals surface area contributed by atoms with Crippen molar-refractivity contribution in [2.45, 2.75) is 70.9 Å². The van der Waals surface area contributed by atoms with Gasteiger partial charge in [0.25, 0.3) is 0 Å². The summed E-state index contributed by atoms with van der Waals surface area (Å²) in [6.45, 7) is 5.69. The Morgan fingerprint density at radius 1 is 0.938 bits per heavy atom. The van der Waals surface area contributed by atoms with E-state index in [4.69, 9.17) is 24.5 Å². The third kappa shape index (κ3) is 9.26. The van der Waals surface area contributed by atoms with Gasteiger partial charge in [-0.2, -0.15) is 0 Å². The molecule has 0 bridgehead atoms. The van der Waals surface area contributed by atoms with E-state index < -0.39 is 11.9 Å². The molecule has 1 aliphatic carbocycles. The average molecular weight is 449 g/mol. The number of carbonyl (C=O) groups excluding carboxylic acids is 1. The fourth-order valence-corrected chi connectivity index (χ4v) is 4.21. The number of carboxylic acid groups (broad SMARTS) is 2. The number of piperidine rings is 1. The molecule has 0 aromatic heterocycles. The zero-order chi connectivity index (χ0) is 23.3. The molecule has 0 atom stereocenters. The van der Waals surface area contributed by atoms with Crippen molar-refractivity contribution in [2.24, 2.45) is 5.92 Å². The van der Waals surface area contributed by atoms with Gasteiger partial charge in [-0.05, 0) is 63.4 Å². The Labute approximate surface area is 189 Å². The van der Waals surface area contributed by atoms with Gasteiger partial charge in [0.1, 0.15) is 5.75 Å². The number of rotatable bonds is 6. The van der Waals surface area contributed by atoms with Crippen LogP contribution in [0.3, 0.4) is 0 Å². The molecular weight excluding hydrogens is 412 g/mol. The van der Waals surface area contributed by atoms with Crippen molar-refractivity contribution in [1.82, 2.24) is 10.2 Å². The Balaban J connectivity index is 0.000000534. The zero-order valence-electron chi connectivity index (χ0n) is 18.9. The van der Waals surface area contributed by atoms with Gasteiger partial charge in [0.2, 0.25) is 5.91 Å². The topological polar surface area (TPSA) is 116 Å². The Hall–Kier alpha value is -2.61. The minimum Gasteiger partial charge on any atom is -0.494 e. The van der Waals surface area contributed by atoms with E-state index in [0.29, 0.717) is 18.6 Å². The van der Waals surface area contributed by atoms with Crippen LogP contribution in [0.1, 0.15) is 63.9 Å². The number of carboxylic acids is 2. The largest absolute Gasteiger partial charge is 0.494 e. The number of carbonyl (C=O) groups is 3. The first kappa shape index (κ1) is 25.6. The van der Waals surface area contributed by atoms with E-state index >= 15 is 0 Å². The quantitative estimate of drug-likeness (QED) is 0.452. The van der Waals surface area contributed by atoms with Gasteiger partial charge in [-0.3, -0.25) is 9.69 Å². The summed E-state index contributed by atoms with van der Waals surface area (Å²) in [5.41, 5.74) is 1.31. The van der Waals surface area contributed by atoms with Gasteiger partial charge < -0.3 is 20.3 Å². The van der Waals surface area contributed by atoms with Gasteiger partial charge in [-0.25, -0.2) is 9.59 Å². The highest BCUT2D eigenvalue weighted by molar-refractivity contribution is 6.27. The molecule has 3 N–H and O–H groups in total. The number of amides is 1. The van der Waals surface area contributed by atoms with E-state index in [-0.39, 0.29) is 5.92 Å². The van der Waals surface area contributed by atoms with Crippen LogP contribution in [-0.4, -0.2) is 58.7 Å². The second-order valence-corrected chi connectivity index (χ2v) is 8.43. The minimum absolute atomic E-state index is 0.204. The van der Waals surface area contributed by atoms with Gasteiger partial charge in [-0.1, -0.05) is 37.8 Å². The number of likely N-dealkylation sites (tertiary alicyclic amines) is 1. The molecule has 8 heteroatoms. The number of nitrogens with zero attached hydrogens (tertiary/aromatic N) is 1. The van der Waals surface area contributed by atoms with Crippen LogP contribution in [0.25, 0.3) is 0 Å². The number of hydrogen-bond acceptors (Lipinski definition) is 5. The number of ether oxygens (including phenoxy) is 1. The maximum Gasteiger partial charge on any atom is 0.414 e. The van der Waals surface area contributed by atoms with Crippen molar-refractivity contribution in [1.29, 1.82) is 0 Å². The van der Waals surface area contributed by atoms with E-state index in [1.807, 2.05) is 19.1 Å². The van der Waals surface area contributed by atoms with Crippen molar-refractivity contribution < 1.29 is 29.3 Å². The molecule has 0 spiro atoms. The third-order valence-corrected chi connectivity index (χ3v) is 5.98. The molecule has 3 rings (SSSR count).